The van der Waals surface area contributed by atoms with Crippen molar-refractivity contribution in [2.24, 2.45) is 0 Å². The molecular formula is C12H23NO3. The maximum Gasteiger partial charge on any atom is 0.325 e. The molecule has 0 bridgehead atoms. The number of rotatable bonds is 6. The molecule has 4 nitrogen and oxygen atoms in total. The van der Waals surface area contributed by atoms with Gasteiger partial charge in [0.15, 0.2) is 0 Å². The minimum Gasteiger partial charge on any atom is -0.465 e. The Morgan fingerprint density at radius 1 is 1.50 bits per heavy atom. The maximum atomic E-state index is 11.8. The number of hydrogen-bond acceptors (Lipinski definition) is 4. The van der Waals surface area contributed by atoms with E-state index in [0.29, 0.717) is 6.61 Å². The first-order valence-corrected chi connectivity index (χ1v) is 6.24. The first kappa shape index (κ1) is 13.5. The number of hydrogen-bond donors (Lipinski definition) is 1. The number of esters is 1. The lowest BCUT2D eigenvalue weighted by molar-refractivity contribution is -0.149. The predicted molar refractivity (Wildman–Crippen MR) is 62.3 cm³/mol. The summed E-state index contributed by atoms with van der Waals surface area (Å²) in [6.07, 6.45) is 3.18. The SMILES string of the molecule is CCCNC(C(=O)OCC)C1CCC(C)O1. The summed E-state index contributed by atoms with van der Waals surface area (Å²) >= 11 is 0. The smallest absolute Gasteiger partial charge is 0.325 e. The molecule has 1 heterocycles. The van der Waals surface area contributed by atoms with Crippen molar-refractivity contribution in [3.05, 3.63) is 0 Å². The molecule has 1 aliphatic rings. The molecule has 0 amide bonds. The third-order valence-electron chi connectivity index (χ3n) is 2.79. The zero-order valence-corrected chi connectivity index (χ0v) is 10.5. The van der Waals surface area contributed by atoms with E-state index in [1.807, 2.05) is 13.8 Å². The second-order valence-corrected chi connectivity index (χ2v) is 4.25. The molecule has 0 aromatic carbocycles. The Balaban J connectivity index is 2.52. The lowest BCUT2D eigenvalue weighted by Gasteiger charge is -2.22. The van der Waals surface area contributed by atoms with Crippen LogP contribution < -0.4 is 5.32 Å². The summed E-state index contributed by atoms with van der Waals surface area (Å²) in [6, 6.07) is -0.301. The maximum absolute atomic E-state index is 11.8. The van der Waals surface area contributed by atoms with Crippen LogP contribution in [0.3, 0.4) is 0 Å². The molecule has 1 rings (SSSR count). The van der Waals surface area contributed by atoms with Gasteiger partial charge in [-0.1, -0.05) is 6.92 Å². The second-order valence-electron chi connectivity index (χ2n) is 4.25. The summed E-state index contributed by atoms with van der Waals surface area (Å²) in [5.41, 5.74) is 0. The zero-order chi connectivity index (χ0) is 12.0. The van der Waals surface area contributed by atoms with Crippen molar-refractivity contribution in [3.8, 4) is 0 Å². The van der Waals surface area contributed by atoms with Crippen LogP contribution in [0.25, 0.3) is 0 Å². The summed E-state index contributed by atoms with van der Waals surface area (Å²) in [5.74, 6) is -0.185. The van der Waals surface area contributed by atoms with Gasteiger partial charge in [0, 0.05) is 0 Å². The largest absolute Gasteiger partial charge is 0.465 e. The van der Waals surface area contributed by atoms with Crippen LogP contribution >= 0.6 is 0 Å². The Kier molecular flexibility index (Phi) is 5.77. The average Bonchev–Trinajstić information content (AvgIpc) is 2.66. The summed E-state index contributed by atoms with van der Waals surface area (Å²) in [6.45, 7) is 7.19. The van der Waals surface area contributed by atoms with Crippen molar-refractivity contribution in [3.63, 3.8) is 0 Å². The molecule has 0 aromatic heterocycles. The Bertz CT molecular complexity index is 220. The summed E-state index contributed by atoms with van der Waals surface area (Å²) in [4.78, 5) is 11.8. The normalized spacial score (nSPS) is 26.7. The molecule has 1 fully saturated rings. The van der Waals surface area contributed by atoms with Crippen LogP contribution in [0.4, 0.5) is 0 Å². The molecule has 0 spiro atoms. The van der Waals surface area contributed by atoms with E-state index < -0.39 is 0 Å². The number of ether oxygens (including phenoxy) is 2. The fourth-order valence-corrected chi connectivity index (χ4v) is 1.98. The zero-order valence-electron chi connectivity index (χ0n) is 10.5. The average molecular weight is 229 g/mol. The molecule has 1 aliphatic heterocycles. The molecule has 0 radical (unpaired) electrons. The molecular weight excluding hydrogens is 206 g/mol. The van der Waals surface area contributed by atoms with E-state index in [-0.39, 0.29) is 24.2 Å². The third kappa shape index (κ3) is 3.76. The van der Waals surface area contributed by atoms with Crippen LogP contribution in [-0.2, 0) is 14.3 Å². The molecule has 4 heteroatoms. The van der Waals surface area contributed by atoms with Gasteiger partial charge in [-0.05, 0) is 39.7 Å². The summed E-state index contributed by atoms with van der Waals surface area (Å²) in [5, 5.41) is 3.22. The second kappa shape index (κ2) is 6.86. The highest BCUT2D eigenvalue weighted by Gasteiger charge is 2.34. The molecule has 0 aromatic rings. The Morgan fingerprint density at radius 2 is 2.25 bits per heavy atom. The first-order valence-electron chi connectivity index (χ1n) is 6.24. The van der Waals surface area contributed by atoms with E-state index in [9.17, 15) is 4.79 Å². The van der Waals surface area contributed by atoms with Gasteiger partial charge in [-0.3, -0.25) is 4.79 Å². The van der Waals surface area contributed by atoms with Crippen molar-refractivity contribution < 1.29 is 14.3 Å². The topological polar surface area (TPSA) is 47.6 Å². The summed E-state index contributed by atoms with van der Waals surface area (Å²) < 4.78 is 10.8. The van der Waals surface area contributed by atoms with Crippen LogP contribution in [0.2, 0.25) is 0 Å². The van der Waals surface area contributed by atoms with Crippen molar-refractivity contribution in [2.45, 2.75) is 58.3 Å². The Hall–Kier alpha value is -0.610. The highest BCUT2D eigenvalue weighted by molar-refractivity contribution is 5.76. The van der Waals surface area contributed by atoms with Gasteiger partial charge in [0.1, 0.15) is 6.04 Å². The number of nitrogens with one attached hydrogen (secondary N) is 1. The van der Waals surface area contributed by atoms with Gasteiger partial charge in [-0.25, -0.2) is 0 Å². The molecule has 1 saturated heterocycles. The minimum atomic E-state index is -0.301. The van der Waals surface area contributed by atoms with Gasteiger partial charge < -0.3 is 14.8 Å². The van der Waals surface area contributed by atoms with Gasteiger partial charge in [0.05, 0.1) is 18.8 Å². The third-order valence-corrected chi connectivity index (χ3v) is 2.79. The van der Waals surface area contributed by atoms with E-state index in [0.717, 1.165) is 25.8 Å². The lowest BCUT2D eigenvalue weighted by atomic mass is 10.1. The molecule has 16 heavy (non-hydrogen) atoms. The number of carbonyl (C=O) groups is 1. The van der Waals surface area contributed by atoms with Crippen molar-refractivity contribution in [1.29, 1.82) is 0 Å². The van der Waals surface area contributed by atoms with E-state index in [2.05, 4.69) is 12.2 Å². The van der Waals surface area contributed by atoms with Crippen molar-refractivity contribution >= 4 is 5.97 Å². The fourth-order valence-electron chi connectivity index (χ4n) is 1.98. The number of carbonyl (C=O) groups excluding carboxylic acids is 1. The molecule has 0 saturated carbocycles. The van der Waals surface area contributed by atoms with Gasteiger partial charge in [-0.15, -0.1) is 0 Å². The molecule has 1 N–H and O–H groups in total. The Morgan fingerprint density at radius 3 is 2.75 bits per heavy atom. The van der Waals surface area contributed by atoms with Crippen LogP contribution in [-0.4, -0.2) is 37.4 Å². The van der Waals surface area contributed by atoms with Crippen molar-refractivity contribution in [2.75, 3.05) is 13.2 Å². The fraction of sp³-hybridized carbons (Fsp3) is 0.917. The summed E-state index contributed by atoms with van der Waals surface area (Å²) in [7, 11) is 0. The van der Waals surface area contributed by atoms with E-state index in [1.165, 1.54) is 0 Å². The molecule has 3 atom stereocenters. The van der Waals surface area contributed by atoms with E-state index in [4.69, 9.17) is 9.47 Å². The molecule has 0 aliphatic carbocycles. The van der Waals surface area contributed by atoms with Crippen LogP contribution in [0, 0.1) is 0 Å². The van der Waals surface area contributed by atoms with E-state index in [1.54, 1.807) is 0 Å². The molecule has 3 unspecified atom stereocenters. The van der Waals surface area contributed by atoms with Crippen LogP contribution in [0.5, 0.6) is 0 Å². The quantitative estimate of drug-likeness (QED) is 0.701. The molecule has 94 valence electrons. The van der Waals surface area contributed by atoms with Crippen LogP contribution in [0.15, 0.2) is 0 Å². The lowest BCUT2D eigenvalue weighted by Crippen LogP contribution is -2.47. The van der Waals surface area contributed by atoms with Gasteiger partial charge in [0.2, 0.25) is 0 Å². The monoisotopic (exact) mass is 229 g/mol. The van der Waals surface area contributed by atoms with Crippen LogP contribution in [0.1, 0.15) is 40.0 Å². The first-order chi connectivity index (χ1) is 7.69. The van der Waals surface area contributed by atoms with Gasteiger partial charge in [-0.2, -0.15) is 0 Å². The standard InChI is InChI=1S/C12H23NO3/c1-4-8-13-11(12(14)15-5-2)10-7-6-9(3)16-10/h9-11,13H,4-8H2,1-3H3. The van der Waals surface area contributed by atoms with Crippen molar-refractivity contribution in [1.82, 2.24) is 5.32 Å². The Labute approximate surface area is 97.7 Å². The highest BCUT2D eigenvalue weighted by atomic mass is 16.5. The van der Waals surface area contributed by atoms with E-state index >= 15 is 0 Å². The highest BCUT2D eigenvalue weighted by Crippen LogP contribution is 2.22. The predicted octanol–water partition coefficient (Wildman–Crippen LogP) is 1.49. The van der Waals surface area contributed by atoms with Gasteiger partial charge in [0.25, 0.3) is 0 Å². The minimum absolute atomic E-state index is 0.0272. The van der Waals surface area contributed by atoms with Gasteiger partial charge >= 0.3 is 5.97 Å².